The fraction of sp³-hybridized carbons (Fsp3) is 0.300. The maximum atomic E-state index is 12.2. The largest absolute Gasteiger partial charge is 0.319 e. The van der Waals surface area contributed by atoms with E-state index in [9.17, 15) is 4.79 Å². The van der Waals surface area contributed by atoms with Crippen LogP contribution < -0.4 is 5.43 Å². The van der Waals surface area contributed by atoms with Gasteiger partial charge in [0.1, 0.15) is 5.92 Å². The summed E-state index contributed by atoms with van der Waals surface area (Å²) in [6, 6.07) is 20.2. The highest BCUT2D eigenvalue weighted by Gasteiger charge is 2.51. The fourth-order valence-corrected chi connectivity index (χ4v) is 3.17. The minimum absolute atomic E-state index is 0.0480. The third-order valence-corrected chi connectivity index (χ3v) is 4.22. The van der Waals surface area contributed by atoms with Gasteiger partial charge in [0.15, 0.2) is 0 Å². The highest BCUT2D eigenvalue weighted by molar-refractivity contribution is 6.10. The van der Waals surface area contributed by atoms with Gasteiger partial charge in [-0.25, -0.2) is 0 Å². The number of ether oxygens (including phenoxy) is 1. The lowest BCUT2D eigenvalue weighted by Gasteiger charge is -2.09. The molecular formula is C20H23N2O2+. The second kappa shape index (κ2) is 7.41. The van der Waals surface area contributed by atoms with Gasteiger partial charge in [0.25, 0.3) is 12.1 Å². The number of nitrogens with one attached hydrogen (secondary N) is 1. The third kappa shape index (κ3) is 2.97. The summed E-state index contributed by atoms with van der Waals surface area (Å²) in [4.78, 5) is 12.2. The summed E-state index contributed by atoms with van der Waals surface area (Å²) in [7, 11) is 0. The lowest BCUT2D eigenvalue weighted by Crippen LogP contribution is -2.36. The van der Waals surface area contributed by atoms with Gasteiger partial charge in [-0.1, -0.05) is 54.9 Å². The summed E-state index contributed by atoms with van der Waals surface area (Å²) in [5, 5.41) is 0. The first-order valence-electron chi connectivity index (χ1n) is 8.54. The molecule has 4 heteroatoms. The molecular weight excluding hydrogens is 300 g/mol. The van der Waals surface area contributed by atoms with Gasteiger partial charge in [-0.2, -0.15) is 0 Å². The van der Waals surface area contributed by atoms with Gasteiger partial charge in [-0.3, -0.25) is 4.79 Å². The zero-order valence-electron chi connectivity index (χ0n) is 14.1. The molecule has 2 atom stereocenters. The molecule has 1 N–H and O–H groups in total. The van der Waals surface area contributed by atoms with Crippen molar-refractivity contribution < 1.29 is 14.2 Å². The Bertz CT molecular complexity index is 684. The number of carbonyl (C=O) groups excluding carboxylic acids is 1. The molecule has 24 heavy (non-hydrogen) atoms. The predicted molar refractivity (Wildman–Crippen MR) is 93.7 cm³/mol. The van der Waals surface area contributed by atoms with Crippen molar-refractivity contribution in [3.63, 3.8) is 0 Å². The standard InChI is InChI=1S/C18H16N2O2.C2H6/c21-17-15-11-12-22-18(15)20(19-17)16(13-7-3-1-4-8-13)14-9-5-2-6-10-14;1-2/h1-10,15,18H,11-12H2;1-2H3/p+1. The summed E-state index contributed by atoms with van der Waals surface area (Å²) >= 11 is 0. The average Bonchev–Trinajstić information content (AvgIpc) is 3.24. The Morgan fingerprint density at radius 2 is 1.54 bits per heavy atom. The minimum Gasteiger partial charge on any atom is -0.319 e. The quantitative estimate of drug-likeness (QED) is 0.863. The van der Waals surface area contributed by atoms with Crippen LogP contribution in [0.3, 0.4) is 0 Å². The van der Waals surface area contributed by atoms with E-state index >= 15 is 0 Å². The summed E-state index contributed by atoms with van der Waals surface area (Å²) in [5.41, 5.74) is 6.08. The molecule has 2 unspecified atom stereocenters. The van der Waals surface area contributed by atoms with E-state index in [1.807, 2.05) is 54.9 Å². The van der Waals surface area contributed by atoms with Crippen LogP contribution in [0.15, 0.2) is 60.7 Å². The number of carbonyl (C=O) groups is 1. The molecule has 2 aliphatic heterocycles. The van der Waals surface area contributed by atoms with Gasteiger partial charge >= 0.3 is 0 Å². The van der Waals surface area contributed by atoms with E-state index < -0.39 is 0 Å². The van der Waals surface area contributed by atoms with E-state index in [-0.39, 0.29) is 18.1 Å². The van der Waals surface area contributed by atoms with Crippen LogP contribution in [0, 0.1) is 5.92 Å². The second-order valence-electron chi connectivity index (χ2n) is 5.58. The summed E-state index contributed by atoms with van der Waals surface area (Å²) in [5.74, 6) is -0.0331. The van der Waals surface area contributed by atoms with Crippen LogP contribution in [0.1, 0.15) is 31.4 Å². The molecule has 4 rings (SSSR count). The molecule has 2 aromatic carbocycles. The summed E-state index contributed by atoms with van der Waals surface area (Å²) in [6.45, 7) is 4.64. The maximum Gasteiger partial charge on any atom is 0.298 e. The van der Waals surface area contributed by atoms with E-state index in [2.05, 4.69) is 29.7 Å². The predicted octanol–water partition coefficient (Wildman–Crippen LogP) is 2.97. The van der Waals surface area contributed by atoms with Crippen molar-refractivity contribution in [1.29, 1.82) is 0 Å². The van der Waals surface area contributed by atoms with Crippen molar-refractivity contribution in [2.24, 2.45) is 5.92 Å². The number of rotatable bonds is 2. The van der Waals surface area contributed by atoms with Crippen LogP contribution >= 0.6 is 0 Å². The van der Waals surface area contributed by atoms with Crippen LogP contribution in [-0.4, -0.2) is 29.1 Å². The Balaban J connectivity index is 0.000000815. The Morgan fingerprint density at radius 3 is 2.08 bits per heavy atom. The van der Waals surface area contributed by atoms with Crippen molar-refractivity contribution in [2.75, 3.05) is 6.61 Å². The molecule has 124 valence electrons. The normalized spacial score (nSPS) is 21.6. The van der Waals surface area contributed by atoms with Gasteiger partial charge in [0.2, 0.25) is 5.71 Å². The van der Waals surface area contributed by atoms with Gasteiger partial charge < -0.3 is 4.74 Å². The van der Waals surface area contributed by atoms with E-state index in [1.54, 1.807) is 0 Å². The number of hydrogen-bond donors (Lipinski definition) is 1. The van der Waals surface area contributed by atoms with Crippen LogP contribution in [-0.2, 0) is 9.53 Å². The number of hydrogen-bond acceptors (Lipinski definition) is 2. The second-order valence-corrected chi connectivity index (χ2v) is 5.58. The molecule has 2 saturated heterocycles. The third-order valence-electron chi connectivity index (χ3n) is 4.22. The molecule has 2 fully saturated rings. The maximum absolute atomic E-state index is 12.2. The fourth-order valence-electron chi connectivity index (χ4n) is 3.17. The van der Waals surface area contributed by atoms with Crippen LogP contribution in [0.5, 0.6) is 0 Å². The Labute approximate surface area is 142 Å². The molecule has 2 heterocycles. The number of hydrazine groups is 1. The van der Waals surface area contributed by atoms with Crippen molar-refractivity contribution >= 4 is 11.6 Å². The lowest BCUT2D eigenvalue weighted by atomic mass is 10.0. The Hall–Kier alpha value is -2.46. The zero-order chi connectivity index (χ0) is 16.9. The molecule has 2 aliphatic rings. The average molecular weight is 323 g/mol. The first-order chi connectivity index (χ1) is 11.8. The summed E-state index contributed by atoms with van der Waals surface area (Å²) < 4.78 is 7.70. The van der Waals surface area contributed by atoms with E-state index in [0.29, 0.717) is 6.61 Å². The van der Waals surface area contributed by atoms with E-state index in [4.69, 9.17) is 4.74 Å². The number of nitrogens with zero attached hydrogens (tertiary/aromatic N) is 1. The highest BCUT2D eigenvalue weighted by Crippen LogP contribution is 2.27. The minimum atomic E-state index is -0.220. The van der Waals surface area contributed by atoms with Crippen LogP contribution in [0.2, 0.25) is 0 Å². The van der Waals surface area contributed by atoms with E-state index in [0.717, 1.165) is 23.3 Å². The van der Waals surface area contributed by atoms with Crippen molar-refractivity contribution in [3.8, 4) is 0 Å². The van der Waals surface area contributed by atoms with E-state index in [1.165, 1.54) is 0 Å². The SMILES string of the molecule is CC.O=C1N[N+](=C(c2ccccc2)c2ccccc2)C2OCCC12. The van der Waals surface area contributed by atoms with Crippen LogP contribution in [0.25, 0.3) is 0 Å². The van der Waals surface area contributed by atoms with Gasteiger partial charge in [-0.15, -0.1) is 5.43 Å². The first-order valence-corrected chi connectivity index (χ1v) is 8.54. The number of amides is 1. The molecule has 0 bridgehead atoms. The van der Waals surface area contributed by atoms with Crippen LogP contribution in [0.4, 0.5) is 0 Å². The van der Waals surface area contributed by atoms with Crippen molar-refractivity contribution in [2.45, 2.75) is 26.5 Å². The molecule has 0 spiro atoms. The van der Waals surface area contributed by atoms with Crippen molar-refractivity contribution in [3.05, 3.63) is 71.8 Å². The first kappa shape index (κ1) is 16.4. The molecule has 0 saturated carbocycles. The Morgan fingerprint density at radius 1 is 1.00 bits per heavy atom. The molecule has 1 amide bonds. The number of benzene rings is 2. The number of fused-ring (bicyclic) bond motifs is 1. The summed E-state index contributed by atoms with van der Waals surface area (Å²) in [6.07, 6.45) is 0.562. The van der Waals surface area contributed by atoms with Gasteiger partial charge in [0, 0.05) is 11.1 Å². The monoisotopic (exact) mass is 323 g/mol. The molecule has 0 radical (unpaired) electrons. The van der Waals surface area contributed by atoms with Gasteiger partial charge in [0.05, 0.1) is 6.61 Å². The highest BCUT2D eigenvalue weighted by atomic mass is 16.5. The van der Waals surface area contributed by atoms with Gasteiger partial charge in [-0.05, 0) is 30.7 Å². The molecule has 0 aliphatic carbocycles. The number of hydrazone groups is 1. The lowest BCUT2D eigenvalue weighted by molar-refractivity contribution is -0.633. The smallest absolute Gasteiger partial charge is 0.298 e. The van der Waals surface area contributed by atoms with Crippen molar-refractivity contribution in [1.82, 2.24) is 5.43 Å². The Kier molecular flexibility index (Phi) is 5.06. The molecule has 2 aromatic rings. The topological polar surface area (TPSA) is 41.3 Å². The zero-order valence-corrected chi connectivity index (χ0v) is 14.1. The molecule has 4 nitrogen and oxygen atoms in total. The molecule has 0 aromatic heterocycles.